The zero-order valence-corrected chi connectivity index (χ0v) is 10.7. The average molecular weight is 234 g/mol. The van der Waals surface area contributed by atoms with Crippen LogP contribution in [0.15, 0.2) is 24.3 Å². The van der Waals surface area contributed by atoms with E-state index in [1.165, 1.54) is 5.56 Å². The lowest BCUT2D eigenvalue weighted by atomic mass is 10.1. The number of nitrogens with two attached hydrogens (primary N) is 1. The minimum absolute atomic E-state index is 0.331. The van der Waals surface area contributed by atoms with Gasteiger partial charge in [-0.25, -0.2) is 0 Å². The van der Waals surface area contributed by atoms with Crippen LogP contribution in [-0.2, 0) is 6.54 Å². The first-order valence-electron chi connectivity index (χ1n) is 6.42. The molecule has 1 aliphatic rings. The van der Waals surface area contributed by atoms with Gasteiger partial charge in [0.2, 0.25) is 0 Å². The van der Waals surface area contributed by atoms with Gasteiger partial charge in [-0.1, -0.05) is 12.1 Å². The summed E-state index contributed by atoms with van der Waals surface area (Å²) in [4.78, 5) is 2.44. The molecule has 1 aliphatic heterocycles. The van der Waals surface area contributed by atoms with Crippen LogP contribution in [0.2, 0.25) is 0 Å². The molecule has 94 valence electrons. The summed E-state index contributed by atoms with van der Waals surface area (Å²) in [6.45, 7) is 7.03. The Morgan fingerprint density at radius 2 is 2.06 bits per heavy atom. The standard InChI is InChI=1S/C14H22N2O/c1-3-17-13-6-4-12(5-7-13)10-16-9-8-14(15)11(16)2/h4-7,11,14H,3,8-10,15H2,1-2H3. The smallest absolute Gasteiger partial charge is 0.119 e. The molecule has 1 aromatic carbocycles. The van der Waals surface area contributed by atoms with Crippen molar-refractivity contribution in [1.82, 2.24) is 4.90 Å². The molecule has 1 heterocycles. The molecule has 2 unspecified atom stereocenters. The summed E-state index contributed by atoms with van der Waals surface area (Å²) in [7, 11) is 0. The molecule has 1 fully saturated rings. The topological polar surface area (TPSA) is 38.5 Å². The second-order valence-electron chi connectivity index (χ2n) is 4.74. The highest BCUT2D eigenvalue weighted by Gasteiger charge is 2.27. The second kappa shape index (κ2) is 5.52. The molecule has 0 radical (unpaired) electrons. The van der Waals surface area contributed by atoms with Crippen molar-refractivity contribution in [3.63, 3.8) is 0 Å². The Kier molecular flexibility index (Phi) is 4.02. The van der Waals surface area contributed by atoms with E-state index in [0.29, 0.717) is 12.1 Å². The van der Waals surface area contributed by atoms with E-state index in [4.69, 9.17) is 10.5 Å². The van der Waals surface area contributed by atoms with E-state index >= 15 is 0 Å². The van der Waals surface area contributed by atoms with Crippen molar-refractivity contribution in [2.24, 2.45) is 5.73 Å². The van der Waals surface area contributed by atoms with Gasteiger partial charge in [-0.2, -0.15) is 0 Å². The summed E-state index contributed by atoms with van der Waals surface area (Å²) in [5.41, 5.74) is 7.35. The Morgan fingerprint density at radius 1 is 1.35 bits per heavy atom. The van der Waals surface area contributed by atoms with Crippen LogP contribution in [-0.4, -0.2) is 30.1 Å². The normalized spacial score (nSPS) is 25.1. The summed E-state index contributed by atoms with van der Waals surface area (Å²) < 4.78 is 5.44. The average Bonchev–Trinajstić information content (AvgIpc) is 2.64. The summed E-state index contributed by atoms with van der Waals surface area (Å²) in [5, 5.41) is 0. The molecule has 0 aliphatic carbocycles. The summed E-state index contributed by atoms with van der Waals surface area (Å²) in [5.74, 6) is 0.947. The van der Waals surface area contributed by atoms with Crippen LogP contribution in [0.5, 0.6) is 5.75 Å². The molecule has 3 nitrogen and oxygen atoms in total. The molecule has 17 heavy (non-hydrogen) atoms. The minimum Gasteiger partial charge on any atom is -0.494 e. The van der Waals surface area contributed by atoms with Gasteiger partial charge in [-0.15, -0.1) is 0 Å². The van der Waals surface area contributed by atoms with Crippen molar-refractivity contribution < 1.29 is 4.74 Å². The predicted molar refractivity (Wildman–Crippen MR) is 70.1 cm³/mol. The molecule has 0 saturated carbocycles. The number of benzene rings is 1. The summed E-state index contributed by atoms with van der Waals surface area (Å²) in [6.07, 6.45) is 1.11. The number of nitrogens with zero attached hydrogens (tertiary/aromatic N) is 1. The first-order valence-corrected chi connectivity index (χ1v) is 6.42. The summed E-state index contributed by atoms with van der Waals surface area (Å²) in [6, 6.07) is 9.18. The Morgan fingerprint density at radius 3 is 2.59 bits per heavy atom. The van der Waals surface area contributed by atoms with Gasteiger partial charge in [0.1, 0.15) is 5.75 Å². The van der Waals surface area contributed by atoms with Gasteiger partial charge in [0.25, 0.3) is 0 Å². The maximum absolute atomic E-state index is 6.02. The van der Waals surface area contributed by atoms with Crippen LogP contribution < -0.4 is 10.5 Å². The lowest BCUT2D eigenvalue weighted by Crippen LogP contribution is -2.36. The number of hydrogen-bond donors (Lipinski definition) is 1. The molecule has 0 aromatic heterocycles. The quantitative estimate of drug-likeness (QED) is 0.866. The van der Waals surface area contributed by atoms with Crippen molar-refractivity contribution in [1.29, 1.82) is 0 Å². The number of ether oxygens (including phenoxy) is 1. The van der Waals surface area contributed by atoms with Gasteiger partial charge in [0, 0.05) is 25.2 Å². The van der Waals surface area contributed by atoms with E-state index in [-0.39, 0.29) is 0 Å². The SMILES string of the molecule is CCOc1ccc(CN2CCC(N)C2C)cc1. The van der Waals surface area contributed by atoms with Crippen molar-refractivity contribution in [3.05, 3.63) is 29.8 Å². The monoisotopic (exact) mass is 234 g/mol. The van der Waals surface area contributed by atoms with Crippen LogP contribution in [0, 0.1) is 0 Å². The number of rotatable bonds is 4. The van der Waals surface area contributed by atoms with Gasteiger partial charge in [0.15, 0.2) is 0 Å². The van der Waals surface area contributed by atoms with E-state index in [1.54, 1.807) is 0 Å². The Labute approximate surface area is 104 Å². The van der Waals surface area contributed by atoms with Crippen molar-refractivity contribution >= 4 is 0 Å². The fraction of sp³-hybridized carbons (Fsp3) is 0.571. The molecular weight excluding hydrogens is 212 g/mol. The molecule has 2 rings (SSSR count). The highest BCUT2D eigenvalue weighted by molar-refractivity contribution is 5.27. The van der Waals surface area contributed by atoms with Crippen LogP contribution in [0.4, 0.5) is 0 Å². The molecule has 2 N–H and O–H groups in total. The molecular formula is C14H22N2O. The zero-order valence-electron chi connectivity index (χ0n) is 10.7. The first-order chi connectivity index (χ1) is 8.20. The zero-order chi connectivity index (χ0) is 12.3. The third-order valence-electron chi connectivity index (χ3n) is 3.57. The van der Waals surface area contributed by atoms with Gasteiger partial charge in [0.05, 0.1) is 6.61 Å². The Hall–Kier alpha value is -1.06. The lowest BCUT2D eigenvalue weighted by Gasteiger charge is -2.22. The predicted octanol–water partition coefficient (Wildman–Crippen LogP) is 2.01. The van der Waals surface area contributed by atoms with Crippen molar-refractivity contribution in [3.8, 4) is 5.75 Å². The maximum atomic E-state index is 6.02. The third-order valence-corrected chi connectivity index (χ3v) is 3.57. The van der Waals surface area contributed by atoms with Crippen LogP contribution in [0.1, 0.15) is 25.8 Å². The van der Waals surface area contributed by atoms with E-state index in [0.717, 1.165) is 31.9 Å². The Balaban J connectivity index is 1.95. The molecule has 3 heteroatoms. The third kappa shape index (κ3) is 2.99. The van der Waals surface area contributed by atoms with Crippen molar-refractivity contribution in [2.45, 2.75) is 38.9 Å². The molecule has 0 bridgehead atoms. The van der Waals surface area contributed by atoms with Crippen LogP contribution >= 0.6 is 0 Å². The van der Waals surface area contributed by atoms with Crippen LogP contribution in [0.25, 0.3) is 0 Å². The Bertz CT molecular complexity index is 350. The van der Waals surface area contributed by atoms with Gasteiger partial charge >= 0.3 is 0 Å². The van der Waals surface area contributed by atoms with Crippen molar-refractivity contribution in [2.75, 3.05) is 13.2 Å². The highest BCUT2D eigenvalue weighted by atomic mass is 16.5. The van der Waals surface area contributed by atoms with Gasteiger partial charge in [-0.05, 0) is 38.0 Å². The van der Waals surface area contributed by atoms with E-state index < -0.39 is 0 Å². The fourth-order valence-electron chi connectivity index (χ4n) is 2.35. The number of hydrogen-bond acceptors (Lipinski definition) is 3. The highest BCUT2D eigenvalue weighted by Crippen LogP contribution is 2.20. The van der Waals surface area contributed by atoms with E-state index in [1.807, 2.05) is 19.1 Å². The largest absolute Gasteiger partial charge is 0.494 e. The summed E-state index contributed by atoms with van der Waals surface area (Å²) >= 11 is 0. The second-order valence-corrected chi connectivity index (χ2v) is 4.74. The molecule has 0 amide bonds. The van der Waals surface area contributed by atoms with E-state index in [2.05, 4.69) is 24.0 Å². The molecule has 2 atom stereocenters. The molecule has 1 aromatic rings. The molecule has 0 spiro atoms. The lowest BCUT2D eigenvalue weighted by molar-refractivity contribution is 0.251. The maximum Gasteiger partial charge on any atom is 0.119 e. The fourth-order valence-corrected chi connectivity index (χ4v) is 2.35. The van der Waals surface area contributed by atoms with Gasteiger partial charge in [-0.3, -0.25) is 4.90 Å². The van der Waals surface area contributed by atoms with Gasteiger partial charge < -0.3 is 10.5 Å². The minimum atomic E-state index is 0.331. The molecule has 1 saturated heterocycles. The van der Waals surface area contributed by atoms with E-state index in [9.17, 15) is 0 Å². The first kappa shape index (κ1) is 12.4. The van der Waals surface area contributed by atoms with Crippen LogP contribution in [0.3, 0.4) is 0 Å². The number of likely N-dealkylation sites (tertiary alicyclic amines) is 1.